The Morgan fingerprint density at radius 3 is 2.42 bits per heavy atom. The van der Waals surface area contributed by atoms with Crippen molar-refractivity contribution in [2.24, 2.45) is 0 Å². The number of ether oxygens (including phenoxy) is 1. The molecule has 160 valence electrons. The Kier molecular flexibility index (Phi) is 4.38. The fourth-order valence-corrected chi connectivity index (χ4v) is 4.65. The van der Waals surface area contributed by atoms with Crippen LogP contribution in [0.1, 0.15) is 23.0 Å². The highest BCUT2D eigenvalue weighted by Gasteiger charge is 2.45. The average Bonchev–Trinajstić information content (AvgIpc) is 3.32. The molecule has 1 aromatic heterocycles. The highest BCUT2D eigenvalue weighted by atomic mass is 79.9. The Balaban J connectivity index is 1.68. The summed E-state index contributed by atoms with van der Waals surface area (Å²) in [6.07, 6.45) is 1.04. The molecular formula is C18H9BrF5N4O3+. The third-order valence-electron chi connectivity index (χ3n) is 5.40. The third kappa shape index (κ3) is 2.79. The summed E-state index contributed by atoms with van der Waals surface area (Å²) in [5, 5.41) is 15.2. The normalized spacial score (nSPS) is 19.2. The standard InChI is InChI=1S/C18H9BrF5N4O3/c19-9-2-6(28(29)30)1-8-7(9)3-10-17(8)26-5-27(25-11(26)4-31-10)18-15(23)13(21)12(20)14(22)16(18)24/h1-2,5,10,17H,3-4H2/q+1/t10-,17+/m0/s1. The summed E-state index contributed by atoms with van der Waals surface area (Å²) in [7, 11) is 0. The van der Waals surface area contributed by atoms with E-state index in [2.05, 4.69) is 21.0 Å². The van der Waals surface area contributed by atoms with Crippen molar-refractivity contribution < 1.29 is 36.2 Å². The van der Waals surface area contributed by atoms with Gasteiger partial charge in [-0.15, -0.1) is 0 Å². The maximum Gasteiger partial charge on any atom is 0.304 e. The van der Waals surface area contributed by atoms with Crippen molar-refractivity contribution >= 4 is 21.6 Å². The second kappa shape index (κ2) is 6.79. The number of benzene rings is 2. The number of rotatable bonds is 2. The van der Waals surface area contributed by atoms with Crippen LogP contribution in [0.4, 0.5) is 27.6 Å². The average molecular weight is 504 g/mol. The quantitative estimate of drug-likeness (QED) is 0.134. The van der Waals surface area contributed by atoms with Crippen LogP contribution in [0, 0.1) is 39.2 Å². The SMILES string of the molecule is O=[N+]([O-])c1cc(Br)c2c(c1)[C@@H]1[C@H](C2)OCc2nn(-c3c(F)c(F)c(F)c(F)c3F)c[n+]21. The van der Waals surface area contributed by atoms with Crippen LogP contribution in [0.25, 0.3) is 5.69 Å². The third-order valence-corrected chi connectivity index (χ3v) is 6.11. The van der Waals surface area contributed by atoms with Crippen molar-refractivity contribution in [1.29, 1.82) is 0 Å². The molecule has 5 rings (SSSR count). The van der Waals surface area contributed by atoms with Gasteiger partial charge in [0.05, 0.1) is 4.92 Å². The van der Waals surface area contributed by atoms with Crippen LogP contribution in [-0.2, 0) is 17.8 Å². The summed E-state index contributed by atoms with van der Waals surface area (Å²) >= 11 is 3.32. The molecule has 2 heterocycles. The summed E-state index contributed by atoms with van der Waals surface area (Å²) in [5.74, 6) is -10.4. The van der Waals surface area contributed by atoms with Gasteiger partial charge in [-0.1, -0.05) is 20.6 Å². The monoisotopic (exact) mass is 503 g/mol. The van der Waals surface area contributed by atoms with Crippen LogP contribution in [0.5, 0.6) is 0 Å². The first-order valence-electron chi connectivity index (χ1n) is 8.78. The maximum absolute atomic E-state index is 14.3. The number of aromatic nitrogens is 3. The second-order valence-electron chi connectivity index (χ2n) is 7.05. The number of nitrogens with zero attached hydrogens (tertiary/aromatic N) is 4. The lowest BCUT2D eigenvalue weighted by Gasteiger charge is -2.23. The number of nitro benzene ring substituents is 1. The van der Waals surface area contributed by atoms with E-state index in [9.17, 15) is 32.1 Å². The van der Waals surface area contributed by atoms with Crippen LogP contribution in [0.3, 0.4) is 0 Å². The zero-order valence-electron chi connectivity index (χ0n) is 15.1. The second-order valence-corrected chi connectivity index (χ2v) is 7.91. The molecule has 0 saturated heterocycles. The molecule has 0 spiro atoms. The fraction of sp³-hybridized carbons (Fsp3) is 0.222. The van der Waals surface area contributed by atoms with Gasteiger partial charge in [-0.25, -0.2) is 17.7 Å². The Hall–Kier alpha value is -2.93. The van der Waals surface area contributed by atoms with Gasteiger partial charge in [0.1, 0.15) is 18.8 Å². The predicted octanol–water partition coefficient (Wildman–Crippen LogP) is 3.57. The molecule has 2 aliphatic rings. The van der Waals surface area contributed by atoms with Crippen molar-refractivity contribution in [1.82, 2.24) is 9.78 Å². The summed E-state index contributed by atoms with van der Waals surface area (Å²) in [4.78, 5) is 10.7. The van der Waals surface area contributed by atoms with Gasteiger partial charge in [0.15, 0.2) is 0 Å². The van der Waals surface area contributed by atoms with Crippen molar-refractivity contribution in [2.75, 3.05) is 0 Å². The molecular weight excluding hydrogens is 495 g/mol. The number of non-ortho nitro benzene ring substituents is 1. The van der Waals surface area contributed by atoms with Crippen molar-refractivity contribution in [2.45, 2.75) is 25.2 Å². The summed E-state index contributed by atoms with van der Waals surface area (Å²) < 4.78 is 77.5. The minimum absolute atomic E-state index is 0.0860. The van der Waals surface area contributed by atoms with Crippen molar-refractivity contribution in [3.63, 3.8) is 0 Å². The molecule has 1 aliphatic heterocycles. The van der Waals surface area contributed by atoms with E-state index in [0.29, 0.717) is 21.1 Å². The van der Waals surface area contributed by atoms with Gasteiger partial charge in [-0.3, -0.25) is 10.1 Å². The van der Waals surface area contributed by atoms with Gasteiger partial charge >= 0.3 is 5.82 Å². The first-order chi connectivity index (χ1) is 14.7. The molecule has 7 nitrogen and oxygen atoms in total. The molecule has 13 heteroatoms. The molecule has 2 aromatic carbocycles. The van der Waals surface area contributed by atoms with Crippen molar-refractivity contribution in [3.8, 4) is 5.69 Å². The summed E-state index contributed by atoms with van der Waals surface area (Å²) in [5.41, 5.74) is -0.113. The van der Waals surface area contributed by atoms with Gasteiger partial charge < -0.3 is 4.74 Å². The highest BCUT2D eigenvalue weighted by Crippen LogP contribution is 2.41. The van der Waals surface area contributed by atoms with Gasteiger partial charge in [0.25, 0.3) is 5.69 Å². The zero-order valence-corrected chi connectivity index (χ0v) is 16.7. The van der Waals surface area contributed by atoms with Crippen LogP contribution < -0.4 is 4.57 Å². The molecule has 31 heavy (non-hydrogen) atoms. The van der Waals surface area contributed by atoms with E-state index in [0.717, 1.165) is 11.9 Å². The maximum atomic E-state index is 14.3. The molecule has 0 N–H and O–H groups in total. The largest absolute Gasteiger partial charge is 0.363 e. The molecule has 0 radical (unpaired) electrons. The molecule has 3 aromatic rings. The first-order valence-corrected chi connectivity index (χ1v) is 9.58. The first kappa shape index (κ1) is 20.0. The van der Waals surface area contributed by atoms with E-state index in [1.54, 1.807) is 0 Å². The molecule has 0 fully saturated rings. The van der Waals surface area contributed by atoms with Crippen LogP contribution >= 0.6 is 15.9 Å². The summed E-state index contributed by atoms with van der Waals surface area (Å²) in [6, 6.07) is 2.09. The Bertz CT molecular complexity index is 1270. The summed E-state index contributed by atoms with van der Waals surface area (Å²) in [6.45, 7) is -0.0860. The molecule has 0 amide bonds. The molecule has 0 saturated carbocycles. The lowest BCUT2D eigenvalue weighted by atomic mass is 10.1. The van der Waals surface area contributed by atoms with Gasteiger partial charge in [0.2, 0.25) is 41.1 Å². The van der Waals surface area contributed by atoms with E-state index >= 15 is 0 Å². The highest BCUT2D eigenvalue weighted by molar-refractivity contribution is 9.10. The van der Waals surface area contributed by atoms with Crippen LogP contribution in [-0.4, -0.2) is 20.8 Å². The minimum Gasteiger partial charge on any atom is -0.363 e. The van der Waals surface area contributed by atoms with E-state index < -0.39 is 51.8 Å². The van der Waals surface area contributed by atoms with Crippen molar-refractivity contribution in [3.05, 3.63) is 79.1 Å². The topological polar surface area (TPSA) is 74.1 Å². The number of hydrogen-bond acceptors (Lipinski definition) is 4. The van der Waals surface area contributed by atoms with Gasteiger partial charge in [-0.05, 0) is 5.56 Å². The predicted molar refractivity (Wildman–Crippen MR) is 94.8 cm³/mol. The zero-order chi connectivity index (χ0) is 22.2. The number of hydrogen-bond donors (Lipinski definition) is 0. The van der Waals surface area contributed by atoms with Crippen LogP contribution in [0.15, 0.2) is 22.9 Å². The fourth-order valence-electron chi connectivity index (χ4n) is 4.03. The lowest BCUT2D eigenvalue weighted by molar-refractivity contribution is -0.739. The van der Waals surface area contributed by atoms with E-state index in [1.165, 1.54) is 16.7 Å². The number of fused-ring (bicyclic) bond motifs is 5. The Labute approximate surface area is 177 Å². The minimum atomic E-state index is -2.27. The Morgan fingerprint density at radius 2 is 1.77 bits per heavy atom. The Morgan fingerprint density at radius 1 is 1.13 bits per heavy atom. The van der Waals surface area contributed by atoms with E-state index in [1.807, 2.05) is 0 Å². The number of halogens is 6. The molecule has 2 atom stereocenters. The van der Waals surface area contributed by atoms with Crippen LogP contribution in [0.2, 0.25) is 0 Å². The smallest absolute Gasteiger partial charge is 0.304 e. The molecule has 0 bridgehead atoms. The molecule has 1 aliphatic carbocycles. The lowest BCUT2D eigenvalue weighted by Crippen LogP contribution is -2.51. The van der Waals surface area contributed by atoms with Gasteiger partial charge in [-0.2, -0.15) is 8.78 Å². The van der Waals surface area contributed by atoms with E-state index in [4.69, 9.17) is 4.74 Å². The molecule has 0 unspecified atom stereocenters. The van der Waals surface area contributed by atoms with E-state index in [-0.39, 0.29) is 18.1 Å². The number of nitro groups is 1. The van der Waals surface area contributed by atoms with Gasteiger partial charge in [0, 0.05) is 33.7 Å².